The fraction of sp³-hybridized carbons (Fsp3) is 1.00. The quantitative estimate of drug-likeness (QED) is 0.273. The molecule has 0 spiro atoms. The number of hydrogen-bond donors (Lipinski definition) is 6. The SMILES string of the molecule is OCCC(O)C(O)C(O)CCC(O)CO. The van der Waals surface area contributed by atoms with Crippen LogP contribution in [0.15, 0.2) is 0 Å². The summed E-state index contributed by atoms with van der Waals surface area (Å²) in [5, 5.41) is 53.9. The predicted molar refractivity (Wildman–Crippen MR) is 52.0 cm³/mol. The van der Waals surface area contributed by atoms with Crippen LogP contribution in [0.25, 0.3) is 0 Å². The van der Waals surface area contributed by atoms with Crippen molar-refractivity contribution >= 4 is 0 Å². The van der Waals surface area contributed by atoms with Gasteiger partial charge in [-0.2, -0.15) is 0 Å². The summed E-state index contributed by atoms with van der Waals surface area (Å²) < 4.78 is 0. The first-order valence-corrected chi connectivity index (χ1v) is 4.96. The van der Waals surface area contributed by atoms with Crippen molar-refractivity contribution in [1.82, 2.24) is 0 Å². The van der Waals surface area contributed by atoms with Crippen molar-refractivity contribution < 1.29 is 30.6 Å². The van der Waals surface area contributed by atoms with Gasteiger partial charge in [0.15, 0.2) is 0 Å². The lowest BCUT2D eigenvalue weighted by Crippen LogP contribution is -2.38. The maximum Gasteiger partial charge on any atom is 0.106 e. The second-order valence-electron chi connectivity index (χ2n) is 3.55. The van der Waals surface area contributed by atoms with Gasteiger partial charge in [0.2, 0.25) is 0 Å². The molecule has 6 nitrogen and oxygen atoms in total. The molecule has 0 saturated carbocycles. The Labute approximate surface area is 88.4 Å². The van der Waals surface area contributed by atoms with Gasteiger partial charge in [-0.05, 0) is 19.3 Å². The molecular weight excluding hydrogens is 204 g/mol. The summed E-state index contributed by atoms with van der Waals surface area (Å²) in [6.45, 7) is -0.674. The van der Waals surface area contributed by atoms with Crippen LogP contribution in [0.1, 0.15) is 19.3 Å². The fourth-order valence-corrected chi connectivity index (χ4v) is 1.18. The van der Waals surface area contributed by atoms with E-state index >= 15 is 0 Å². The average molecular weight is 224 g/mol. The van der Waals surface area contributed by atoms with Gasteiger partial charge in [0.05, 0.1) is 24.9 Å². The Morgan fingerprint density at radius 3 is 1.73 bits per heavy atom. The minimum Gasteiger partial charge on any atom is -0.396 e. The van der Waals surface area contributed by atoms with E-state index in [2.05, 4.69) is 0 Å². The van der Waals surface area contributed by atoms with E-state index in [4.69, 9.17) is 15.3 Å². The van der Waals surface area contributed by atoms with Gasteiger partial charge in [0.1, 0.15) is 6.10 Å². The van der Waals surface area contributed by atoms with Crippen LogP contribution in [0.4, 0.5) is 0 Å². The molecular formula is C9H20O6. The standard InChI is InChI=1S/C9H20O6/c10-4-3-8(14)9(15)7(13)2-1-6(12)5-11/h6-15H,1-5H2. The second kappa shape index (κ2) is 7.98. The smallest absolute Gasteiger partial charge is 0.106 e. The number of aliphatic hydroxyl groups is 6. The Kier molecular flexibility index (Phi) is 7.85. The molecule has 0 rings (SSSR count). The van der Waals surface area contributed by atoms with E-state index in [1.54, 1.807) is 0 Å². The molecule has 0 fully saturated rings. The molecule has 0 bridgehead atoms. The molecule has 0 aromatic rings. The van der Waals surface area contributed by atoms with Crippen molar-refractivity contribution in [3.8, 4) is 0 Å². The zero-order valence-corrected chi connectivity index (χ0v) is 8.53. The van der Waals surface area contributed by atoms with Gasteiger partial charge in [-0.1, -0.05) is 0 Å². The van der Waals surface area contributed by atoms with E-state index in [9.17, 15) is 15.3 Å². The highest BCUT2D eigenvalue weighted by Crippen LogP contribution is 2.10. The highest BCUT2D eigenvalue weighted by Gasteiger charge is 2.24. The number of hydrogen-bond acceptors (Lipinski definition) is 6. The van der Waals surface area contributed by atoms with Crippen molar-refractivity contribution in [1.29, 1.82) is 0 Å². The fourth-order valence-electron chi connectivity index (χ4n) is 1.18. The van der Waals surface area contributed by atoms with Gasteiger partial charge in [0, 0.05) is 6.61 Å². The van der Waals surface area contributed by atoms with Gasteiger partial charge in [0.25, 0.3) is 0 Å². The molecule has 4 atom stereocenters. The Balaban J connectivity index is 3.82. The number of rotatable bonds is 8. The molecule has 0 aromatic carbocycles. The predicted octanol–water partition coefficient (Wildman–Crippen LogP) is -2.42. The summed E-state index contributed by atoms with van der Waals surface area (Å²) in [7, 11) is 0. The van der Waals surface area contributed by atoms with Gasteiger partial charge in [-0.25, -0.2) is 0 Å². The summed E-state index contributed by atoms with van der Waals surface area (Å²) in [6.07, 6.45) is -4.43. The van der Waals surface area contributed by atoms with E-state index in [1.165, 1.54) is 0 Å². The summed E-state index contributed by atoms with van der Waals surface area (Å²) in [5.74, 6) is 0. The highest BCUT2D eigenvalue weighted by molar-refractivity contribution is 4.75. The topological polar surface area (TPSA) is 121 Å². The monoisotopic (exact) mass is 224 g/mol. The Bertz CT molecular complexity index is 154. The molecule has 0 heterocycles. The van der Waals surface area contributed by atoms with E-state index < -0.39 is 31.0 Å². The average Bonchev–Trinajstić information content (AvgIpc) is 2.24. The second-order valence-corrected chi connectivity index (χ2v) is 3.55. The Morgan fingerprint density at radius 2 is 1.27 bits per heavy atom. The van der Waals surface area contributed by atoms with E-state index in [-0.39, 0.29) is 25.9 Å². The lowest BCUT2D eigenvalue weighted by atomic mass is 10.0. The van der Waals surface area contributed by atoms with Crippen LogP contribution in [0.3, 0.4) is 0 Å². The lowest BCUT2D eigenvalue weighted by molar-refractivity contribution is -0.0719. The molecule has 0 aromatic heterocycles. The molecule has 92 valence electrons. The molecule has 4 unspecified atom stereocenters. The first kappa shape index (κ1) is 14.8. The Hall–Kier alpha value is -0.240. The third-order valence-electron chi connectivity index (χ3n) is 2.22. The lowest BCUT2D eigenvalue weighted by Gasteiger charge is -2.22. The third kappa shape index (κ3) is 6.03. The molecule has 0 aliphatic carbocycles. The molecule has 0 radical (unpaired) electrons. The summed E-state index contributed by atoms with van der Waals surface area (Å²) in [4.78, 5) is 0. The molecule has 0 aliphatic heterocycles. The summed E-state index contributed by atoms with van der Waals surface area (Å²) in [6, 6.07) is 0. The number of aliphatic hydroxyl groups excluding tert-OH is 6. The van der Waals surface area contributed by atoms with Crippen molar-refractivity contribution in [2.75, 3.05) is 13.2 Å². The molecule has 0 amide bonds. The first-order valence-electron chi connectivity index (χ1n) is 4.96. The summed E-state index contributed by atoms with van der Waals surface area (Å²) in [5.41, 5.74) is 0. The van der Waals surface area contributed by atoms with Crippen LogP contribution in [0.2, 0.25) is 0 Å². The first-order chi connectivity index (χ1) is 7.02. The van der Waals surface area contributed by atoms with Gasteiger partial charge < -0.3 is 30.6 Å². The van der Waals surface area contributed by atoms with Gasteiger partial charge in [-0.3, -0.25) is 0 Å². The van der Waals surface area contributed by atoms with Crippen molar-refractivity contribution in [2.45, 2.75) is 43.7 Å². The minimum atomic E-state index is -1.34. The summed E-state index contributed by atoms with van der Waals surface area (Å²) >= 11 is 0. The minimum absolute atomic E-state index is 0.0131. The van der Waals surface area contributed by atoms with Crippen LogP contribution in [0, 0.1) is 0 Å². The zero-order chi connectivity index (χ0) is 11.8. The van der Waals surface area contributed by atoms with E-state index in [0.29, 0.717) is 0 Å². The van der Waals surface area contributed by atoms with Crippen LogP contribution in [-0.2, 0) is 0 Å². The molecule has 0 aliphatic rings. The van der Waals surface area contributed by atoms with Crippen LogP contribution in [-0.4, -0.2) is 68.3 Å². The van der Waals surface area contributed by atoms with Gasteiger partial charge in [-0.15, -0.1) is 0 Å². The van der Waals surface area contributed by atoms with Crippen molar-refractivity contribution in [3.63, 3.8) is 0 Å². The molecule has 6 N–H and O–H groups in total. The van der Waals surface area contributed by atoms with E-state index in [1.807, 2.05) is 0 Å². The zero-order valence-electron chi connectivity index (χ0n) is 8.53. The molecule has 0 saturated heterocycles. The third-order valence-corrected chi connectivity index (χ3v) is 2.22. The molecule has 6 heteroatoms. The Morgan fingerprint density at radius 1 is 0.733 bits per heavy atom. The van der Waals surface area contributed by atoms with Crippen LogP contribution >= 0.6 is 0 Å². The van der Waals surface area contributed by atoms with Crippen molar-refractivity contribution in [2.24, 2.45) is 0 Å². The van der Waals surface area contributed by atoms with Crippen LogP contribution in [0.5, 0.6) is 0 Å². The van der Waals surface area contributed by atoms with Crippen molar-refractivity contribution in [3.05, 3.63) is 0 Å². The highest BCUT2D eigenvalue weighted by atomic mass is 16.4. The maximum atomic E-state index is 9.37. The largest absolute Gasteiger partial charge is 0.396 e. The van der Waals surface area contributed by atoms with Crippen LogP contribution < -0.4 is 0 Å². The van der Waals surface area contributed by atoms with E-state index in [0.717, 1.165) is 0 Å². The maximum absolute atomic E-state index is 9.37. The van der Waals surface area contributed by atoms with Gasteiger partial charge >= 0.3 is 0 Å². The normalized spacial score (nSPS) is 19.6. The molecule has 15 heavy (non-hydrogen) atoms.